The molecule has 0 fully saturated rings. The number of carbonyl (C=O) groups excluding carboxylic acids is 1. The van der Waals surface area contributed by atoms with Crippen LogP contribution in [0, 0.1) is 0 Å². The minimum absolute atomic E-state index is 0.00643. The van der Waals surface area contributed by atoms with Crippen LogP contribution in [-0.4, -0.2) is 26.9 Å². The normalized spacial score (nSPS) is 12.2. The van der Waals surface area contributed by atoms with Gasteiger partial charge in [-0.15, -0.1) is 0 Å². The standard InChI is InChI=1S/C9H13Cl2N5O/c1-2-3-4-5(12)6(17)13-9-15-7(10)14-8(11)16-9/h5H,2-4,12H2,1H3,(H,13,14,15,16,17). The highest BCUT2D eigenvalue weighted by Crippen LogP contribution is 2.10. The van der Waals surface area contributed by atoms with Gasteiger partial charge in [0.2, 0.25) is 22.4 Å². The molecule has 1 heterocycles. The maximum absolute atomic E-state index is 11.6. The summed E-state index contributed by atoms with van der Waals surface area (Å²) in [6.45, 7) is 2.02. The summed E-state index contributed by atoms with van der Waals surface area (Å²) in [4.78, 5) is 22.6. The summed E-state index contributed by atoms with van der Waals surface area (Å²) in [5.41, 5.74) is 5.68. The lowest BCUT2D eigenvalue weighted by molar-refractivity contribution is -0.117. The smallest absolute Gasteiger partial charge is 0.243 e. The number of nitrogens with one attached hydrogen (secondary N) is 1. The minimum atomic E-state index is -0.593. The summed E-state index contributed by atoms with van der Waals surface area (Å²) >= 11 is 11.1. The van der Waals surface area contributed by atoms with Gasteiger partial charge in [-0.1, -0.05) is 19.8 Å². The van der Waals surface area contributed by atoms with Crippen LogP contribution in [-0.2, 0) is 4.79 Å². The van der Waals surface area contributed by atoms with Gasteiger partial charge >= 0.3 is 0 Å². The Labute approximate surface area is 109 Å². The Morgan fingerprint density at radius 3 is 2.47 bits per heavy atom. The molecule has 0 saturated carbocycles. The Bertz CT molecular complexity index is 381. The average Bonchev–Trinajstić information content (AvgIpc) is 2.24. The molecule has 1 rings (SSSR count). The SMILES string of the molecule is CCCCC(N)C(=O)Nc1nc(Cl)nc(Cl)n1. The molecule has 1 aromatic heterocycles. The molecule has 3 N–H and O–H groups in total. The van der Waals surface area contributed by atoms with Crippen LogP contribution in [0.1, 0.15) is 26.2 Å². The van der Waals surface area contributed by atoms with Gasteiger partial charge in [-0.3, -0.25) is 10.1 Å². The highest BCUT2D eigenvalue weighted by atomic mass is 35.5. The number of rotatable bonds is 5. The fraction of sp³-hybridized carbons (Fsp3) is 0.556. The first-order chi connectivity index (χ1) is 8.02. The largest absolute Gasteiger partial charge is 0.320 e. The first-order valence-electron chi connectivity index (χ1n) is 5.16. The minimum Gasteiger partial charge on any atom is -0.320 e. The number of hydrogen-bond acceptors (Lipinski definition) is 5. The summed E-state index contributed by atoms with van der Waals surface area (Å²) in [5.74, 6) is -0.358. The zero-order valence-electron chi connectivity index (χ0n) is 9.28. The molecule has 0 aliphatic carbocycles. The van der Waals surface area contributed by atoms with Crippen molar-refractivity contribution in [2.45, 2.75) is 32.2 Å². The zero-order valence-corrected chi connectivity index (χ0v) is 10.8. The average molecular weight is 278 g/mol. The monoisotopic (exact) mass is 277 g/mol. The van der Waals surface area contributed by atoms with E-state index in [1.165, 1.54) is 0 Å². The number of carbonyl (C=O) groups is 1. The van der Waals surface area contributed by atoms with Crippen LogP contribution in [0.15, 0.2) is 0 Å². The molecule has 0 saturated heterocycles. The van der Waals surface area contributed by atoms with Crippen molar-refractivity contribution in [3.8, 4) is 0 Å². The van der Waals surface area contributed by atoms with E-state index in [0.29, 0.717) is 6.42 Å². The van der Waals surface area contributed by atoms with Crippen molar-refractivity contribution >= 4 is 35.1 Å². The number of nitrogens with zero attached hydrogens (tertiary/aromatic N) is 3. The van der Waals surface area contributed by atoms with E-state index in [1.807, 2.05) is 6.92 Å². The quantitative estimate of drug-likeness (QED) is 0.853. The van der Waals surface area contributed by atoms with Crippen LogP contribution >= 0.6 is 23.2 Å². The highest BCUT2D eigenvalue weighted by molar-refractivity contribution is 6.31. The second kappa shape index (κ2) is 6.68. The first-order valence-corrected chi connectivity index (χ1v) is 5.92. The molecule has 1 amide bonds. The number of unbranched alkanes of at least 4 members (excludes halogenated alkanes) is 1. The topological polar surface area (TPSA) is 93.8 Å². The van der Waals surface area contributed by atoms with E-state index in [4.69, 9.17) is 28.9 Å². The van der Waals surface area contributed by atoms with Gasteiger partial charge < -0.3 is 5.73 Å². The van der Waals surface area contributed by atoms with E-state index in [1.54, 1.807) is 0 Å². The molecule has 94 valence electrons. The van der Waals surface area contributed by atoms with Gasteiger partial charge in [-0.05, 0) is 29.6 Å². The van der Waals surface area contributed by atoms with E-state index in [-0.39, 0.29) is 22.4 Å². The van der Waals surface area contributed by atoms with Crippen LogP contribution < -0.4 is 11.1 Å². The Balaban J connectivity index is 2.61. The van der Waals surface area contributed by atoms with E-state index < -0.39 is 6.04 Å². The summed E-state index contributed by atoms with van der Waals surface area (Å²) < 4.78 is 0. The molecular weight excluding hydrogens is 265 g/mol. The van der Waals surface area contributed by atoms with Crippen molar-refractivity contribution in [3.05, 3.63) is 10.6 Å². The maximum atomic E-state index is 11.6. The van der Waals surface area contributed by atoms with Gasteiger partial charge in [-0.2, -0.15) is 15.0 Å². The number of anilines is 1. The van der Waals surface area contributed by atoms with Gasteiger partial charge in [0.15, 0.2) is 0 Å². The molecule has 1 atom stereocenters. The van der Waals surface area contributed by atoms with Crippen LogP contribution in [0.4, 0.5) is 5.95 Å². The molecule has 0 aromatic carbocycles. The fourth-order valence-corrected chi connectivity index (χ4v) is 1.50. The predicted octanol–water partition coefficient (Wildman–Crippen LogP) is 1.63. The Kier molecular flexibility index (Phi) is 5.54. The molecule has 8 heteroatoms. The lowest BCUT2D eigenvalue weighted by Crippen LogP contribution is -2.36. The molecule has 1 aromatic rings. The van der Waals surface area contributed by atoms with Crippen molar-refractivity contribution in [3.63, 3.8) is 0 Å². The molecule has 1 unspecified atom stereocenters. The highest BCUT2D eigenvalue weighted by Gasteiger charge is 2.14. The summed E-state index contributed by atoms with van der Waals surface area (Å²) in [6.07, 6.45) is 2.46. The van der Waals surface area contributed by atoms with Gasteiger partial charge in [0, 0.05) is 0 Å². The van der Waals surface area contributed by atoms with Crippen LogP contribution in [0.25, 0.3) is 0 Å². The number of halogens is 2. The van der Waals surface area contributed by atoms with Crippen molar-refractivity contribution in [2.24, 2.45) is 5.73 Å². The zero-order chi connectivity index (χ0) is 12.8. The Morgan fingerprint density at radius 1 is 1.35 bits per heavy atom. The van der Waals surface area contributed by atoms with Gasteiger partial charge in [0.1, 0.15) is 0 Å². The maximum Gasteiger partial charge on any atom is 0.243 e. The third-order valence-electron chi connectivity index (χ3n) is 2.02. The molecule has 0 aliphatic rings. The van der Waals surface area contributed by atoms with E-state index in [9.17, 15) is 4.79 Å². The predicted molar refractivity (Wildman–Crippen MR) is 66.0 cm³/mol. The number of aromatic nitrogens is 3. The second-order valence-electron chi connectivity index (χ2n) is 3.44. The second-order valence-corrected chi connectivity index (χ2v) is 4.11. The molecular formula is C9H13Cl2N5O. The summed E-state index contributed by atoms with van der Waals surface area (Å²) in [7, 11) is 0. The first kappa shape index (κ1) is 14.1. The fourth-order valence-electron chi connectivity index (χ4n) is 1.14. The molecule has 17 heavy (non-hydrogen) atoms. The van der Waals surface area contributed by atoms with Crippen molar-refractivity contribution in [1.82, 2.24) is 15.0 Å². The number of hydrogen-bond donors (Lipinski definition) is 2. The van der Waals surface area contributed by atoms with Crippen molar-refractivity contribution < 1.29 is 4.79 Å². The number of nitrogens with two attached hydrogens (primary N) is 1. The van der Waals surface area contributed by atoms with Crippen molar-refractivity contribution in [2.75, 3.05) is 5.32 Å². The van der Waals surface area contributed by atoms with Crippen LogP contribution in [0.5, 0.6) is 0 Å². The molecule has 0 aliphatic heterocycles. The van der Waals surface area contributed by atoms with Gasteiger partial charge in [0.05, 0.1) is 6.04 Å². The van der Waals surface area contributed by atoms with Crippen LogP contribution in [0.2, 0.25) is 10.6 Å². The van der Waals surface area contributed by atoms with Gasteiger partial charge in [0.25, 0.3) is 0 Å². The lowest BCUT2D eigenvalue weighted by atomic mass is 10.1. The van der Waals surface area contributed by atoms with E-state index >= 15 is 0 Å². The third-order valence-corrected chi connectivity index (χ3v) is 2.36. The molecule has 0 spiro atoms. The van der Waals surface area contributed by atoms with E-state index in [2.05, 4.69) is 20.3 Å². The molecule has 0 radical (unpaired) electrons. The third kappa shape index (κ3) is 4.80. The Hall–Kier alpha value is -0.980. The van der Waals surface area contributed by atoms with E-state index in [0.717, 1.165) is 12.8 Å². The molecule has 0 bridgehead atoms. The van der Waals surface area contributed by atoms with Crippen molar-refractivity contribution in [1.29, 1.82) is 0 Å². The van der Waals surface area contributed by atoms with Crippen LogP contribution in [0.3, 0.4) is 0 Å². The molecule has 6 nitrogen and oxygen atoms in total. The summed E-state index contributed by atoms with van der Waals surface area (Å²) in [5, 5.41) is 2.28. The summed E-state index contributed by atoms with van der Waals surface area (Å²) in [6, 6.07) is -0.593. The van der Waals surface area contributed by atoms with Gasteiger partial charge in [-0.25, -0.2) is 0 Å². The number of amides is 1. The lowest BCUT2D eigenvalue weighted by Gasteiger charge is -2.10. The Morgan fingerprint density at radius 2 is 1.94 bits per heavy atom.